The molecule has 0 aliphatic heterocycles. The Labute approximate surface area is 193 Å². The Morgan fingerprint density at radius 1 is 1.10 bits per heavy atom. The van der Waals surface area contributed by atoms with Crippen LogP contribution in [0, 0.1) is 46.3 Å². The molecule has 3 N–H and O–H groups in total. The van der Waals surface area contributed by atoms with Crippen molar-refractivity contribution in [2.45, 2.75) is 97.4 Å². The number of carboxylic acid groups (broad SMARTS) is 1. The summed E-state index contributed by atoms with van der Waals surface area (Å²) < 4.78 is 34.2. The van der Waals surface area contributed by atoms with E-state index in [0.29, 0.717) is 36.5 Å². The van der Waals surface area contributed by atoms with Gasteiger partial charge in [-0.05, 0) is 110 Å². The van der Waals surface area contributed by atoms with Gasteiger partial charge >= 0.3 is 5.97 Å². The average molecular weight is 438 g/mol. The summed E-state index contributed by atoms with van der Waals surface area (Å²) in [6, 6.07) is 0. The maximum Gasteiger partial charge on any atom is 0.322 e. The lowest BCUT2D eigenvalue weighted by Gasteiger charge is -2.61. The van der Waals surface area contributed by atoms with Gasteiger partial charge in [0.25, 0.3) is 0 Å². The van der Waals surface area contributed by atoms with Gasteiger partial charge < -0.3 is 15.5 Å². The molecule has 4 saturated carbocycles. The van der Waals surface area contributed by atoms with Gasteiger partial charge in [-0.1, -0.05) is 20.8 Å². The lowest BCUT2D eigenvalue weighted by atomic mass is 9.44. The summed E-state index contributed by atoms with van der Waals surface area (Å²) in [7, 11) is 0. The predicted octanol–water partition coefficient (Wildman–Crippen LogP) is 4.62. The molecular formula is C26H43NO4. The fraction of sp³-hybridized carbons (Fsp3) is 0.923. The molecule has 0 aromatic heterocycles. The van der Waals surface area contributed by atoms with Crippen LogP contribution in [0.1, 0.15) is 96.8 Å². The molecule has 9 atom stereocenters. The number of aliphatic hydroxyl groups is 1. The van der Waals surface area contributed by atoms with E-state index in [1.54, 1.807) is 0 Å². The van der Waals surface area contributed by atoms with Crippen molar-refractivity contribution in [3.05, 3.63) is 0 Å². The summed E-state index contributed by atoms with van der Waals surface area (Å²) >= 11 is 0. The number of rotatable bonds is 6. The molecule has 0 heterocycles. The number of aliphatic carboxylic acids is 1. The molecule has 31 heavy (non-hydrogen) atoms. The minimum atomic E-state index is -1.93. The van der Waals surface area contributed by atoms with Gasteiger partial charge in [0.1, 0.15) is 6.54 Å². The van der Waals surface area contributed by atoms with Gasteiger partial charge in [-0.25, -0.2) is 0 Å². The molecule has 4 aliphatic carbocycles. The molecule has 0 aromatic rings. The molecule has 4 aliphatic rings. The van der Waals surface area contributed by atoms with Crippen molar-refractivity contribution in [1.29, 1.82) is 0 Å². The molecule has 176 valence electrons. The summed E-state index contributed by atoms with van der Waals surface area (Å²) in [5, 5.41) is 21.8. The molecule has 5 nitrogen and oxygen atoms in total. The van der Waals surface area contributed by atoms with Crippen molar-refractivity contribution in [2.75, 3.05) is 6.54 Å². The van der Waals surface area contributed by atoms with Gasteiger partial charge in [-0.15, -0.1) is 0 Å². The Hall–Kier alpha value is -1.10. The standard InChI is InChI=1S/C26H43NO4/c1-16(4-9-23(29)27-15-24(30)31)20-7-8-21-19-6-5-17-14-18(28)10-12-25(17,2)22(19)11-13-26(20,21)3/h16-22,28H,4-15H2,1-3H3,(H,27,29)(H,30,31)/t16-,17-,18-,19+,20-,21+,22+,25+,26-/m1/s1/i10D2,14D2. The van der Waals surface area contributed by atoms with Crippen molar-refractivity contribution in [1.82, 2.24) is 5.32 Å². The molecule has 0 aromatic carbocycles. The summed E-state index contributed by atoms with van der Waals surface area (Å²) in [5.41, 5.74) is -0.296. The number of carbonyl (C=O) groups excluding carboxylic acids is 1. The van der Waals surface area contributed by atoms with E-state index in [1.807, 2.05) is 0 Å². The van der Waals surface area contributed by atoms with Crippen LogP contribution in [0.25, 0.3) is 0 Å². The highest BCUT2D eigenvalue weighted by molar-refractivity contribution is 5.81. The first-order chi connectivity index (χ1) is 16.1. The lowest BCUT2D eigenvalue weighted by molar-refractivity contribution is -0.138. The summed E-state index contributed by atoms with van der Waals surface area (Å²) in [5.74, 6) is 0.536. The second kappa shape index (κ2) is 8.68. The lowest BCUT2D eigenvalue weighted by Crippen LogP contribution is -2.54. The van der Waals surface area contributed by atoms with Gasteiger partial charge in [-0.2, -0.15) is 0 Å². The van der Waals surface area contributed by atoms with Crippen LogP contribution in [0.4, 0.5) is 0 Å². The summed E-state index contributed by atoms with van der Waals surface area (Å²) in [4.78, 5) is 22.8. The van der Waals surface area contributed by atoms with Crippen LogP contribution < -0.4 is 5.32 Å². The number of amides is 1. The number of carbonyl (C=O) groups is 2. The van der Waals surface area contributed by atoms with Crippen LogP contribution in [0.3, 0.4) is 0 Å². The Balaban J connectivity index is 1.48. The van der Waals surface area contributed by atoms with Crippen LogP contribution in [0.5, 0.6) is 0 Å². The zero-order valence-corrected chi connectivity index (χ0v) is 19.3. The van der Waals surface area contributed by atoms with Crippen molar-refractivity contribution >= 4 is 11.9 Å². The number of hydrogen-bond acceptors (Lipinski definition) is 3. The van der Waals surface area contributed by atoms with E-state index in [4.69, 9.17) is 10.6 Å². The molecule has 4 fully saturated rings. The van der Waals surface area contributed by atoms with E-state index in [9.17, 15) is 14.7 Å². The van der Waals surface area contributed by atoms with Crippen molar-refractivity contribution in [2.24, 2.45) is 46.3 Å². The van der Waals surface area contributed by atoms with E-state index in [1.165, 1.54) is 0 Å². The van der Waals surface area contributed by atoms with Crippen LogP contribution in [0.2, 0.25) is 0 Å². The highest BCUT2D eigenvalue weighted by Crippen LogP contribution is 2.68. The zero-order chi connectivity index (χ0) is 26.0. The Kier molecular flexibility index (Phi) is 5.14. The second-order valence-corrected chi connectivity index (χ2v) is 11.4. The Morgan fingerprint density at radius 3 is 2.58 bits per heavy atom. The van der Waals surface area contributed by atoms with Crippen molar-refractivity contribution < 1.29 is 25.3 Å². The Bertz CT molecular complexity index is 853. The summed E-state index contributed by atoms with van der Waals surface area (Å²) in [6.07, 6.45) is 1.77. The molecule has 0 bridgehead atoms. The first-order valence-corrected chi connectivity index (χ1v) is 12.3. The highest BCUT2D eigenvalue weighted by Gasteiger charge is 2.60. The van der Waals surface area contributed by atoms with Gasteiger partial charge in [0.2, 0.25) is 5.91 Å². The van der Waals surface area contributed by atoms with Gasteiger partial charge in [0.05, 0.1) is 6.10 Å². The monoisotopic (exact) mass is 437 g/mol. The van der Waals surface area contributed by atoms with E-state index < -0.39 is 30.2 Å². The molecular weight excluding hydrogens is 390 g/mol. The predicted molar refractivity (Wildman–Crippen MR) is 120 cm³/mol. The minimum Gasteiger partial charge on any atom is -0.480 e. The Morgan fingerprint density at radius 2 is 1.84 bits per heavy atom. The van der Waals surface area contributed by atoms with E-state index in [0.717, 1.165) is 38.5 Å². The van der Waals surface area contributed by atoms with Crippen LogP contribution >= 0.6 is 0 Å². The third-order valence-electron chi connectivity index (χ3n) is 9.93. The van der Waals surface area contributed by atoms with Crippen LogP contribution in [-0.2, 0) is 9.59 Å². The average Bonchev–Trinajstić information content (AvgIpc) is 3.11. The molecule has 5 heteroatoms. The van der Waals surface area contributed by atoms with Crippen molar-refractivity contribution in [3.8, 4) is 0 Å². The smallest absolute Gasteiger partial charge is 0.322 e. The third kappa shape index (κ3) is 4.16. The normalized spacial score (nSPS) is 50.3. The molecule has 0 radical (unpaired) electrons. The number of hydrogen-bond donors (Lipinski definition) is 3. The maximum absolute atomic E-state index is 12.1. The zero-order valence-electron chi connectivity index (χ0n) is 23.3. The summed E-state index contributed by atoms with van der Waals surface area (Å²) in [6.45, 7) is 6.39. The number of aliphatic hydroxyl groups excluding tert-OH is 1. The maximum atomic E-state index is 12.1. The van der Waals surface area contributed by atoms with Gasteiger partial charge in [0, 0.05) is 11.9 Å². The SMILES string of the molecule is [2H]C1([2H])C[C@@]2(C)[C@H](CC[C@@H]3[C@@H]2CC[C@]2(C)[C@@H]([C@H](C)CCC(=O)NCC(=O)O)CC[C@@H]32)C([2H])([2H])[C@@H]1O. The first-order valence-electron chi connectivity index (χ1n) is 14.3. The topological polar surface area (TPSA) is 86.6 Å². The molecule has 0 unspecified atom stereocenters. The number of carboxylic acids is 1. The fourth-order valence-electron chi connectivity index (χ4n) is 8.35. The second-order valence-electron chi connectivity index (χ2n) is 11.4. The van der Waals surface area contributed by atoms with E-state index in [2.05, 4.69) is 26.1 Å². The van der Waals surface area contributed by atoms with Crippen molar-refractivity contribution in [3.63, 3.8) is 0 Å². The fourth-order valence-corrected chi connectivity index (χ4v) is 8.35. The van der Waals surface area contributed by atoms with Gasteiger partial charge in [-0.3, -0.25) is 9.59 Å². The first kappa shape index (κ1) is 18.3. The minimum absolute atomic E-state index is 0.160. The van der Waals surface area contributed by atoms with E-state index >= 15 is 0 Å². The molecule has 1 amide bonds. The molecule has 0 saturated heterocycles. The largest absolute Gasteiger partial charge is 0.480 e. The molecule has 0 spiro atoms. The van der Waals surface area contributed by atoms with Crippen LogP contribution in [0.15, 0.2) is 0 Å². The highest BCUT2D eigenvalue weighted by atomic mass is 16.4. The number of nitrogens with one attached hydrogen (secondary N) is 1. The molecule has 4 rings (SSSR count). The number of fused-ring (bicyclic) bond motifs is 5. The van der Waals surface area contributed by atoms with E-state index in [-0.39, 0.29) is 36.1 Å². The quantitative estimate of drug-likeness (QED) is 0.566. The third-order valence-corrected chi connectivity index (χ3v) is 9.93. The van der Waals surface area contributed by atoms with Gasteiger partial charge in [0.15, 0.2) is 0 Å². The van der Waals surface area contributed by atoms with Crippen LogP contribution in [-0.4, -0.2) is 34.7 Å².